The van der Waals surface area contributed by atoms with Crippen LogP contribution in [0.15, 0.2) is 47.4 Å². The highest BCUT2D eigenvalue weighted by Crippen LogP contribution is 2.34. The Morgan fingerprint density at radius 2 is 1.75 bits per heavy atom. The Labute approximate surface area is 136 Å². The number of hydrogen-bond acceptors (Lipinski definition) is 3. The van der Waals surface area contributed by atoms with Gasteiger partial charge in [-0.3, -0.25) is 4.79 Å². The molecule has 0 bridgehead atoms. The zero-order chi connectivity index (χ0) is 17.5. The van der Waals surface area contributed by atoms with Crippen molar-refractivity contribution >= 4 is 33.3 Å². The molecule has 8 heteroatoms. The van der Waals surface area contributed by atoms with Crippen molar-refractivity contribution in [1.82, 2.24) is 0 Å². The first-order chi connectivity index (χ1) is 11.3. The molecule has 1 amide bonds. The van der Waals surface area contributed by atoms with Gasteiger partial charge in [0.25, 0.3) is 12.3 Å². The molecule has 0 unspecified atom stereocenters. The first-order valence-corrected chi connectivity index (χ1v) is 8.39. The summed E-state index contributed by atoms with van der Waals surface area (Å²) in [6.45, 7) is 0. The SMILES string of the molecule is NS(=O)(=O)c1ccc2c(c1)/C(=C\c1ccc(C(F)F)cc1)C(=O)N2. The Morgan fingerprint density at radius 3 is 2.33 bits per heavy atom. The number of alkyl halides is 2. The summed E-state index contributed by atoms with van der Waals surface area (Å²) in [6.07, 6.45) is -1.07. The van der Waals surface area contributed by atoms with Crippen molar-refractivity contribution in [2.45, 2.75) is 11.3 Å². The minimum atomic E-state index is -3.90. The van der Waals surface area contributed by atoms with Gasteiger partial charge in [0.1, 0.15) is 0 Å². The summed E-state index contributed by atoms with van der Waals surface area (Å²) in [7, 11) is -3.90. The van der Waals surface area contributed by atoms with Gasteiger partial charge in [0.2, 0.25) is 10.0 Å². The maximum Gasteiger partial charge on any atom is 0.263 e. The maximum atomic E-state index is 12.6. The van der Waals surface area contributed by atoms with E-state index in [1.807, 2.05) is 0 Å². The number of carbonyl (C=O) groups is 1. The number of halogens is 2. The van der Waals surface area contributed by atoms with Gasteiger partial charge in [-0.05, 0) is 29.8 Å². The number of sulfonamides is 1. The number of benzene rings is 2. The quantitative estimate of drug-likeness (QED) is 0.834. The van der Waals surface area contributed by atoms with Gasteiger partial charge in [-0.2, -0.15) is 0 Å². The first-order valence-electron chi connectivity index (χ1n) is 6.84. The van der Waals surface area contributed by atoms with E-state index in [9.17, 15) is 22.0 Å². The molecule has 1 heterocycles. The van der Waals surface area contributed by atoms with Crippen LogP contribution >= 0.6 is 0 Å². The van der Waals surface area contributed by atoms with E-state index < -0.39 is 22.4 Å². The summed E-state index contributed by atoms with van der Waals surface area (Å²) in [5.74, 6) is -0.408. The van der Waals surface area contributed by atoms with Crippen molar-refractivity contribution < 1.29 is 22.0 Å². The molecular formula is C16H12F2N2O3S. The third-order valence-electron chi connectivity index (χ3n) is 3.60. The average molecular weight is 350 g/mol. The molecule has 3 rings (SSSR count). The molecule has 0 saturated carbocycles. The Hall–Kier alpha value is -2.58. The molecule has 0 saturated heterocycles. The van der Waals surface area contributed by atoms with Crippen molar-refractivity contribution in [2.24, 2.45) is 5.14 Å². The predicted octanol–water partition coefficient (Wildman–Crippen LogP) is 2.76. The molecule has 5 nitrogen and oxygen atoms in total. The Morgan fingerprint density at radius 1 is 1.08 bits per heavy atom. The van der Waals surface area contributed by atoms with Gasteiger partial charge >= 0.3 is 0 Å². The van der Waals surface area contributed by atoms with Crippen LogP contribution in [0, 0.1) is 0 Å². The third-order valence-corrected chi connectivity index (χ3v) is 4.51. The zero-order valence-corrected chi connectivity index (χ0v) is 13.0. The van der Waals surface area contributed by atoms with Gasteiger partial charge in [-0.15, -0.1) is 0 Å². The molecule has 0 aromatic heterocycles. The van der Waals surface area contributed by atoms with Crippen LogP contribution in [0.1, 0.15) is 23.1 Å². The van der Waals surface area contributed by atoms with Crippen LogP contribution < -0.4 is 10.5 Å². The van der Waals surface area contributed by atoms with E-state index in [0.29, 0.717) is 16.8 Å². The van der Waals surface area contributed by atoms with Gasteiger partial charge in [0.15, 0.2) is 0 Å². The summed E-state index contributed by atoms with van der Waals surface area (Å²) in [5.41, 5.74) is 1.51. The van der Waals surface area contributed by atoms with Crippen molar-refractivity contribution in [3.05, 3.63) is 59.2 Å². The van der Waals surface area contributed by atoms with E-state index in [2.05, 4.69) is 5.32 Å². The fraction of sp³-hybridized carbons (Fsp3) is 0.0625. The molecule has 0 atom stereocenters. The maximum absolute atomic E-state index is 12.6. The molecule has 3 N–H and O–H groups in total. The standard InChI is InChI=1S/C16H12F2N2O3S/c17-15(18)10-3-1-9(2-4-10)7-13-12-8-11(24(19,22)23)5-6-14(12)20-16(13)21/h1-8,15H,(H,20,21)(H2,19,22,23)/b13-7+. The summed E-state index contributed by atoms with van der Waals surface area (Å²) >= 11 is 0. The Kier molecular flexibility index (Phi) is 3.94. The lowest BCUT2D eigenvalue weighted by atomic mass is 10.0. The molecule has 24 heavy (non-hydrogen) atoms. The van der Waals surface area contributed by atoms with E-state index in [1.165, 1.54) is 48.5 Å². The van der Waals surface area contributed by atoms with Gasteiger partial charge in [0, 0.05) is 22.4 Å². The lowest BCUT2D eigenvalue weighted by Gasteiger charge is -2.03. The smallest absolute Gasteiger partial charge is 0.263 e. The molecule has 0 aliphatic carbocycles. The van der Waals surface area contributed by atoms with Crippen molar-refractivity contribution in [3.8, 4) is 0 Å². The molecule has 2 aromatic carbocycles. The zero-order valence-electron chi connectivity index (χ0n) is 12.2. The fourth-order valence-corrected chi connectivity index (χ4v) is 2.93. The second kappa shape index (κ2) is 5.81. The van der Waals surface area contributed by atoms with Crippen LogP contribution in [0.25, 0.3) is 11.6 Å². The Balaban J connectivity index is 2.05. The monoisotopic (exact) mass is 350 g/mol. The van der Waals surface area contributed by atoms with Crippen LogP contribution in [0.3, 0.4) is 0 Å². The van der Waals surface area contributed by atoms with Crippen LogP contribution in [-0.4, -0.2) is 14.3 Å². The van der Waals surface area contributed by atoms with E-state index in [1.54, 1.807) is 0 Å². The Bertz CT molecular complexity index is 952. The summed E-state index contributed by atoms with van der Waals surface area (Å²) < 4.78 is 48.1. The molecule has 1 aliphatic heterocycles. The number of nitrogens with two attached hydrogens (primary N) is 1. The second-order valence-electron chi connectivity index (χ2n) is 5.23. The first kappa shape index (κ1) is 16.3. The molecule has 124 valence electrons. The van der Waals surface area contributed by atoms with Gasteiger partial charge < -0.3 is 5.32 Å². The fourth-order valence-electron chi connectivity index (χ4n) is 2.39. The minimum absolute atomic E-state index is 0.114. The van der Waals surface area contributed by atoms with E-state index in [-0.39, 0.29) is 16.0 Å². The van der Waals surface area contributed by atoms with Crippen LogP contribution in [-0.2, 0) is 14.8 Å². The number of anilines is 1. The highest BCUT2D eigenvalue weighted by atomic mass is 32.2. The highest BCUT2D eigenvalue weighted by Gasteiger charge is 2.25. The summed E-state index contributed by atoms with van der Waals surface area (Å²) in [4.78, 5) is 12.0. The van der Waals surface area contributed by atoms with E-state index in [0.717, 1.165) is 0 Å². The van der Waals surface area contributed by atoms with E-state index >= 15 is 0 Å². The number of amides is 1. The van der Waals surface area contributed by atoms with Gasteiger partial charge in [0.05, 0.1) is 4.90 Å². The summed E-state index contributed by atoms with van der Waals surface area (Å²) in [5, 5.41) is 7.72. The van der Waals surface area contributed by atoms with Crippen molar-refractivity contribution in [1.29, 1.82) is 0 Å². The molecule has 0 radical (unpaired) electrons. The molecular weight excluding hydrogens is 338 g/mol. The van der Waals surface area contributed by atoms with E-state index in [4.69, 9.17) is 5.14 Å². The van der Waals surface area contributed by atoms with Crippen molar-refractivity contribution in [2.75, 3.05) is 5.32 Å². The van der Waals surface area contributed by atoms with Crippen LogP contribution in [0.2, 0.25) is 0 Å². The predicted molar refractivity (Wildman–Crippen MR) is 85.7 cm³/mol. The number of rotatable bonds is 3. The van der Waals surface area contributed by atoms with Gasteiger partial charge in [-0.1, -0.05) is 24.3 Å². The number of carbonyl (C=O) groups excluding carboxylic acids is 1. The second-order valence-corrected chi connectivity index (χ2v) is 6.79. The minimum Gasteiger partial charge on any atom is -0.321 e. The van der Waals surface area contributed by atoms with Gasteiger partial charge in [-0.25, -0.2) is 22.3 Å². The molecule has 0 fully saturated rings. The lowest BCUT2D eigenvalue weighted by molar-refractivity contribution is -0.110. The number of nitrogens with one attached hydrogen (secondary N) is 1. The van der Waals surface area contributed by atoms with Crippen molar-refractivity contribution in [3.63, 3.8) is 0 Å². The molecule has 2 aromatic rings. The number of fused-ring (bicyclic) bond motifs is 1. The average Bonchev–Trinajstić information content (AvgIpc) is 2.82. The summed E-state index contributed by atoms with van der Waals surface area (Å²) in [6, 6.07) is 9.52. The lowest BCUT2D eigenvalue weighted by Crippen LogP contribution is -2.12. The molecule has 0 spiro atoms. The molecule has 1 aliphatic rings. The topological polar surface area (TPSA) is 89.3 Å². The third kappa shape index (κ3) is 3.06. The van der Waals surface area contributed by atoms with Crippen LogP contribution in [0.5, 0.6) is 0 Å². The number of hydrogen-bond donors (Lipinski definition) is 2. The van der Waals surface area contributed by atoms with Crippen LogP contribution in [0.4, 0.5) is 14.5 Å². The number of primary sulfonamides is 1. The normalized spacial score (nSPS) is 15.7. The largest absolute Gasteiger partial charge is 0.321 e. The highest BCUT2D eigenvalue weighted by molar-refractivity contribution is 7.89.